The van der Waals surface area contributed by atoms with Gasteiger partial charge in [0.1, 0.15) is 0 Å². The second kappa shape index (κ2) is 9.42. The number of ketones is 1. The summed E-state index contributed by atoms with van der Waals surface area (Å²) in [6.45, 7) is 0.234. The maximum Gasteiger partial charge on any atom is 0.261 e. The summed E-state index contributed by atoms with van der Waals surface area (Å²) in [4.78, 5) is 55.4. The first-order valence-electron chi connectivity index (χ1n) is 9.91. The van der Waals surface area contributed by atoms with Gasteiger partial charge in [-0.1, -0.05) is 23.7 Å². The van der Waals surface area contributed by atoms with Crippen molar-refractivity contribution >= 4 is 51.6 Å². The highest BCUT2D eigenvalue weighted by Gasteiger charge is 2.34. The highest BCUT2D eigenvalue weighted by Crippen LogP contribution is 2.24. The number of anilines is 1. The monoisotopic (exact) mass is 467 g/mol. The smallest absolute Gasteiger partial charge is 0.261 e. The van der Waals surface area contributed by atoms with Crippen LogP contribution in [0, 0.1) is 0 Å². The third-order valence-corrected chi connectivity index (χ3v) is 6.23. The van der Waals surface area contributed by atoms with Crippen molar-refractivity contribution in [3.63, 3.8) is 0 Å². The van der Waals surface area contributed by atoms with Crippen LogP contribution in [0.3, 0.4) is 0 Å². The van der Waals surface area contributed by atoms with Gasteiger partial charge in [0.2, 0.25) is 5.91 Å². The molecule has 0 aliphatic carbocycles. The van der Waals surface area contributed by atoms with Gasteiger partial charge >= 0.3 is 0 Å². The molecule has 0 spiro atoms. The number of aromatic nitrogens is 1. The Labute approximate surface area is 193 Å². The van der Waals surface area contributed by atoms with E-state index in [0.717, 1.165) is 4.88 Å². The van der Waals surface area contributed by atoms with Crippen LogP contribution in [0.1, 0.15) is 48.8 Å². The molecule has 0 bridgehead atoms. The van der Waals surface area contributed by atoms with Crippen molar-refractivity contribution < 1.29 is 19.2 Å². The lowest BCUT2D eigenvalue weighted by Gasteiger charge is -2.12. The third-order valence-electron chi connectivity index (χ3n) is 5.01. The first-order valence-corrected chi connectivity index (χ1v) is 11.1. The minimum absolute atomic E-state index is 0.0331. The van der Waals surface area contributed by atoms with Gasteiger partial charge in [-0.25, -0.2) is 4.98 Å². The predicted octanol–water partition coefficient (Wildman–Crippen LogP) is 4.24. The van der Waals surface area contributed by atoms with Crippen molar-refractivity contribution in [1.82, 2.24) is 9.88 Å². The van der Waals surface area contributed by atoms with Gasteiger partial charge in [-0.05, 0) is 36.4 Å². The average molecular weight is 468 g/mol. The molecule has 1 aliphatic heterocycles. The van der Waals surface area contributed by atoms with Gasteiger partial charge < -0.3 is 5.32 Å². The molecule has 7 nitrogen and oxygen atoms in total. The number of benzene rings is 2. The van der Waals surface area contributed by atoms with Crippen LogP contribution in [-0.4, -0.2) is 39.9 Å². The second-order valence-corrected chi connectivity index (χ2v) is 8.72. The largest absolute Gasteiger partial charge is 0.302 e. The molecule has 1 aromatic heterocycles. The number of rotatable bonds is 8. The molecule has 0 atom stereocenters. The fourth-order valence-electron chi connectivity index (χ4n) is 3.33. The Balaban J connectivity index is 1.26. The standard InChI is InChI=1S/C23H18ClN3O4S/c24-15-7-5-14(6-8-15)19(28)9-10-20(29)26-23-25-13-16(32-23)11-12-27-21(30)17-3-1-2-4-18(17)22(27)31/h1-8,13H,9-12H2,(H,25,26,29). The number of hydrogen-bond acceptors (Lipinski definition) is 6. The molecule has 3 amide bonds. The second-order valence-electron chi connectivity index (χ2n) is 7.17. The number of carbonyl (C=O) groups excluding carboxylic acids is 4. The SMILES string of the molecule is O=C(CCC(=O)c1ccc(Cl)cc1)Nc1ncc(CCN2C(=O)c3ccccc3C2=O)s1. The highest BCUT2D eigenvalue weighted by atomic mass is 35.5. The normalized spacial score (nSPS) is 12.7. The van der Waals surface area contributed by atoms with E-state index in [1.807, 2.05) is 0 Å². The van der Waals surface area contributed by atoms with Crippen LogP contribution in [-0.2, 0) is 11.2 Å². The summed E-state index contributed by atoms with van der Waals surface area (Å²) in [7, 11) is 0. The molecule has 32 heavy (non-hydrogen) atoms. The van der Waals surface area contributed by atoms with Crippen molar-refractivity contribution in [3.05, 3.63) is 81.3 Å². The molecular formula is C23H18ClN3O4S. The fraction of sp³-hybridized carbons (Fsp3) is 0.174. The molecule has 0 radical (unpaired) electrons. The molecule has 9 heteroatoms. The molecule has 0 saturated heterocycles. The van der Waals surface area contributed by atoms with Gasteiger partial charge in [0, 0.05) is 47.5 Å². The first-order chi connectivity index (χ1) is 15.4. The Bertz CT molecular complexity index is 1170. The van der Waals surface area contributed by atoms with E-state index in [1.54, 1.807) is 54.7 Å². The van der Waals surface area contributed by atoms with Crippen LogP contribution >= 0.6 is 22.9 Å². The number of fused-ring (bicyclic) bond motifs is 1. The van der Waals surface area contributed by atoms with Gasteiger partial charge in [-0.3, -0.25) is 24.1 Å². The van der Waals surface area contributed by atoms with Crippen molar-refractivity contribution in [2.75, 3.05) is 11.9 Å². The van der Waals surface area contributed by atoms with Gasteiger partial charge in [0.15, 0.2) is 10.9 Å². The number of nitrogens with zero attached hydrogens (tertiary/aromatic N) is 2. The molecule has 3 aromatic rings. The summed E-state index contributed by atoms with van der Waals surface area (Å²) in [6.07, 6.45) is 2.15. The van der Waals surface area contributed by atoms with Crippen LogP contribution in [0.5, 0.6) is 0 Å². The molecular weight excluding hydrogens is 450 g/mol. The number of Topliss-reactive ketones (excluding diaryl/α,β-unsaturated/α-hetero) is 1. The number of nitrogens with one attached hydrogen (secondary N) is 1. The lowest BCUT2D eigenvalue weighted by atomic mass is 10.1. The third kappa shape index (κ3) is 4.76. The van der Waals surface area contributed by atoms with E-state index < -0.39 is 0 Å². The summed E-state index contributed by atoms with van der Waals surface area (Å²) < 4.78 is 0. The van der Waals surface area contributed by atoms with Gasteiger partial charge in [-0.15, -0.1) is 11.3 Å². The molecule has 0 fully saturated rings. The average Bonchev–Trinajstić information content (AvgIpc) is 3.33. The molecule has 2 aromatic carbocycles. The minimum atomic E-state index is -0.312. The Kier molecular flexibility index (Phi) is 6.43. The molecule has 0 saturated carbocycles. The zero-order chi connectivity index (χ0) is 22.7. The lowest BCUT2D eigenvalue weighted by molar-refractivity contribution is -0.116. The maximum atomic E-state index is 12.4. The maximum absolute atomic E-state index is 12.4. The zero-order valence-electron chi connectivity index (χ0n) is 16.8. The van der Waals surface area contributed by atoms with E-state index >= 15 is 0 Å². The number of thiazole rings is 1. The number of imide groups is 1. The number of carbonyl (C=O) groups is 4. The van der Waals surface area contributed by atoms with Crippen molar-refractivity contribution in [1.29, 1.82) is 0 Å². The van der Waals surface area contributed by atoms with E-state index in [2.05, 4.69) is 10.3 Å². The van der Waals surface area contributed by atoms with E-state index in [9.17, 15) is 19.2 Å². The zero-order valence-corrected chi connectivity index (χ0v) is 18.4. The summed E-state index contributed by atoms with van der Waals surface area (Å²) in [5.41, 5.74) is 1.35. The summed E-state index contributed by atoms with van der Waals surface area (Å²) >= 11 is 7.08. The van der Waals surface area contributed by atoms with E-state index in [-0.39, 0.29) is 42.9 Å². The highest BCUT2D eigenvalue weighted by molar-refractivity contribution is 7.15. The Morgan fingerprint density at radius 2 is 1.62 bits per heavy atom. The quantitative estimate of drug-likeness (QED) is 0.395. The Hall–Kier alpha value is -3.36. The molecule has 1 N–H and O–H groups in total. The summed E-state index contributed by atoms with van der Waals surface area (Å²) in [6, 6.07) is 13.3. The van der Waals surface area contributed by atoms with Crippen molar-refractivity contribution in [2.24, 2.45) is 0 Å². The van der Waals surface area contributed by atoms with Crippen LogP contribution in [0.2, 0.25) is 5.02 Å². The molecule has 0 unspecified atom stereocenters. The van der Waals surface area contributed by atoms with E-state index in [4.69, 9.17) is 11.6 Å². The molecule has 2 heterocycles. The van der Waals surface area contributed by atoms with Crippen molar-refractivity contribution in [3.8, 4) is 0 Å². The number of amides is 3. The van der Waals surface area contributed by atoms with Gasteiger partial charge in [0.05, 0.1) is 11.1 Å². The van der Waals surface area contributed by atoms with Crippen LogP contribution in [0.4, 0.5) is 5.13 Å². The number of hydrogen-bond donors (Lipinski definition) is 1. The molecule has 1 aliphatic rings. The van der Waals surface area contributed by atoms with Crippen LogP contribution < -0.4 is 5.32 Å². The molecule has 4 rings (SSSR count). The predicted molar refractivity (Wildman–Crippen MR) is 121 cm³/mol. The fourth-order valence-corrected chi connectivity index (χ4v) is 4.28. The van der Waals surface area contributed by atoms with Gasteiger partial charge in [-0.2, -0.15) is 0 Å². The topological polar surface area (TPSA) is 96.4 Å². The summed E-state index contributed by atoms with van der Waals surface area (Å²) in [5, 5.41) is 3.64. The van der Waals surface area contributed by atoms with E-state index in [1.165, 1.54) is 16.2 Å². The minimum Gasteiger partial charge on any atom is -0.302 e. The first kappa shape index (κ1) is 21.9. The summed E-state index contributed by atoms with van der Waals surface area (Å²) in [5.74, 6) is -1.05. The van der Waals surface area contributed by atoms with Crippen LogP contribution in [0.15, 0.2) is 54.7 Å². The van der Waals surface area contributed by atoms with Gasteiger partial charge in [0.25, 0.3) is 11.8 Å². The Morgan fingerprint density at radius 1 is 0.969 bits per heavy atom. The molecule has 162 valence electrons. The van der Waals surface area contributed by atoms with Crippen molar-refractivity contribution in [2.45, 2.75) is 19.3 Å². The Morgan fingerprint density at radius 3 is 2.28 bits per heavy atom. The van der Waals surface area contributed by atoms with Crippen LogP contribution in [0.25, 0.3) is 0 Å². The number of halogens is 1. The lowest BCUT2D eigenvalue weighted by Crippen LogP contribution is -2.31. The van der Waals surface area contributed by atoms with E-state index in [0.29, 0.717) is 33.3 Å².